The maximum atomic E-state index is 11.5. The topological polar surface area (TPSA) is 58.6 Å². The van der Waals surface area contributed by atoms with Gasteiger partial charge in [0.05, 0.1) is 6.04 Å². The van der Waals surface area contributed by atoms with Gasteiger partial charge in [0.2, 0.25) is 0 Å². The third-order valence-corrected chi connectivity index (χ3v) is 1.91. The Balaban J connectivity index is 4.43. The van der Waals surface area contributed by atoms with Crippen molar-refractivity contribution in [2.24, 2.45) is 5.92 Å². The minimum Gasteiger partial charge on any atom is -0.444 e. The number of alkyl carbamates (subject to hydrolysis) is 1. The van der Waals surface area contributed by atoms with Gasteiger partial charge in [-0.15, -0.1) is 6.42 Å². The van der Waals surface area contributed by atoms with Gasteiger partial charge in [-0.3, -0.25) is 0 Å². The highest BCUT2D eigenvalue weighted by molar-refractivity contribution is 5.68. The number of amides is 1. The van der Waals surface area contributed by atoms with Crippen molar-refractivity contribution in [3.63, 3.8) is 0 Å². The van der Waals surface area contributed by atoms with E-state index in [1.54, 1.807) is 20.8 Å². The lowest BCUT2D eigenvalue weighted by Crippen LogP contribution is -2.47. The van der Waals surface area contributed by atoms with Gasteiger partial charge in [-0.2, -0.15) is 0 Å². The normalized spacial score (nSPS) is 15.1. The minimum atomic E-state index is -1.01. The molecule has 0 aliphatic heterocycles. The average molecular weight is 227 g/mol. The monoisotopic (exact) mass is 227 g/mol. The summed E-state index contributed by atoms with van der Waals surface area (Å²) in [5, 5.41) is 12.1. The summed E-state index contributed by atoms with van der Waals surface area (Å²) in [7, 11) is 0. The Kier molecular flexibility index (Phi) is 5.32. The zero-order valence-corrected chi connectivity index (χ0v) is 10.6. The molecule has 0 aliphatic carbocycles. The zero-order chi connectivity index (χ0) is 12.9. The fourth-order valence-electron chi connectivity index (χ4n) is 1.16. The maximum Gasteiger partial charge on any atom is 0.408 e. The van der Waals surface area contributed by atoms with E-state index in [0.717, 1.165) is 0 Å². The Morgan fingerprint density at radius 1 is 1.44 bits per heavy atom. The maximum absolute atomic E-state index is 11.5. The minimum absolute atomic E-state index is 0.0265. The van der Waals surface area contributed by atoms with Crippen LogP contribution in [0.15, 0.2) is 0 Å². The number of nitrogens with one attached hydrogen (secondary N) is 1. The van der Waals surface area contributed by atoms with Gasteiger partial charge in [-0.05, 0) is 26.7 Å². The van der Waals surface area contributed by atoms with Crippen molar-refractivity contribution >= 4 is 6.09 Å². The molecule has 2 atom stereocenters. The third kappa shape index (κ3) is 5.62. The standard InChI is InChI=1S/C12H21NO3/c1-7-9(14)10(8(2)3)13-11(15)16-12(4,5)6/h1,8-10,14H,2-6H3,(H,13,15)/t9-,10-/m0/s1. The number of ether oxygens (including phenoxy) is 1. The Bertz CT molecular complexity index is 273. The van der Waals surface area contributed by atoms with E-state index in [2.05, 4.69) is 11.2 Å². The molecule has 16 heavy (non-hydrogen) atoms. The zero-order valence-electron chi connectivity index (χ0n) is 10.6. The molecule has 0 saturated heterocycles. The molecule has 0 aromatic heterocycles. The predicted octanol–water partition coefficient (Wildman–Crippen LogP) is 1.53. The summed E-state index contributed by atoms with van der Waals surface area (Å²) in [4.78, 5) is 11.5. The van der Waals surface area contributed by atoms with E-state index in [4.69, 9.17) is 11.2 Å². The molecule has 0 aromatic carbocycles. The molecule has 0 aliphatic rings. The van der Waals surface area contributed by atoms with E-state index >= 15 is 0 Å². The summed E-state index contributed by atoms with van der Waals surface area (Å²) in [5.74, 6) is 2.23. The van der Waals surface area contributed by atoms with Gasteiger partial charge < -0.3 is 15.2 Å². The molecule has 0 saturated carbocycles. The summed E-state index contributed by atoms with van der Waals surface area (Å²) in [5.41, 5.74) is -0.563. The van der Waals surface area contributed by atoms with Gasteiger partial charge in [-0.1, -0.05) is 19.8 Å². The van der Waals surface area contributed by atoms with Crippen LogP contribution in [0.25, 0.3) is 0 Å². The second kappa shape index (κ2) is 5.76. The highest BCUT2D eigenvalue weighted by atomic mass is 16.6. The van der Waals surface area contributed by atoms with Crippen molar-refractivity contribution in [1.29, 1.82) is 0 Å². The second-order valence-electron chi connectivity index (χ2n) is 5.03. The number of carbonyl (C=O) groups is 1. The number of aliphatic hydroxyl groups excluding tert-OH is 1. The molecule has 0 aromatic rings. The Morgan fingerprint density at radius 2 is 1.94 bits per heavy atom. The summed E-state index contributed by atoms with van der Waals surface area (Å²) < 4.78 is 5.08. The van der Waals surface area contributed by atoms with E-state index in [-0.39, 0.29) is 5.92 Å². The van der Waals surface area contributed by atoms with E-state index in [1.807, 2.05) is 13.8 Å². The Morgan fingerprint density at radius 3 is 2.25 bits per heavy atom. The molecule has 0 unspecified atom stereocenters. The van der Waals surface area contributed by atoms with Gasteiger partial charge in [0.25, 0.3) is 0 Å². The van der Waals surface area contributed by atoms with E-state index in [9.17, 15) is 9.90 Å². The number of carbonyl (C=O) groups excluding carboxylic acids is 1. The number of hydrogen-bond acceptors (Lipinski definition) is 3. The highest BCUT2D eigenvalue weighted by Gasteiger charge is 2.25. The first-order valence-electron chi connectivity index (χ1n) is 5.31. The van der Waals surface area contributed by atoms with Gasteiger partial charge >= 0.3 is 6.09 Å². The highest BCUT2D eigenvalue weighted by Crippen LogP contribution is 2.10. The summed E-state index contributed by atoms with van der Waals surface area (Å²) in [6, 6.07) is -0.500. The molecule has 0 bridgehead atoms. The fraction of sp³-hybridized carbons (Fsp3) is 0.750. The van der Waals surface area contributed by atoms with Crippen molar-refractivity contribution in [3.05, 3.63) is 0 Å². The summed E-state index contributed by atoms with van der Waals surface area (Å²) >= 11 is 0. The smallest absolute Gasteiger partial charge is 0.408 e. The molecule has 0 spiro atoms. The van der Waals surface area contributed by atoms with Crippen LogP contribution in [0.1, 0.15) is 34.6 Å². The largest absolute Gasteiger partial charge is 0.444 e. The van der Waals surface area contributed by atoms with Crippen LogP contribution in [0.2, 0.25) is 0 Å². The van der Waals surface area contributed by atoms with Crippen molar-refractivity contribution in [2.45, 2.75) is 52.4 Å². The molecule has 92 valence electrons. The van der Waals surface area contributed by atoms with Crippen LogP contribution in [0.4, 0.5) is 4.79 Å². The van der Waals surface area contributed by atoms with Crippen molar-refractivity contribution in [3.8, 4) is 12.3 Å². The first-order chi connectivity index (χ1) is 7.17. The average Bonchev–Trinajstić information content (AvgIpc) is 2.09. The van der Waals surface area contributed by atoms with Crippen LogP contribution < -0.4 is 5.32 Å². The molecule has 0 radical (unpaired) electrons. The second-order valence-corrected chi connectivity index (χ2v) is 5.03. The lowest BCUT2D eigenvalue weighted by atomic mass is 9.99. The van der Waals surface area contributed by atoms with Crippen molar-refractivity contribution < 1.29 is 14.6 Å². The summed E-state index contributed by atoms with van der Waals surface area (Å²) in [6.45, 7) is 9.04. The molecule has 2 N–H and O–H groups in total. The lowest BCUT2D eigenvalue weighted by molar-refractivity contribution is 0.0429. The van der Waals surface area contributed by atoms with E-state index in [0.29, 0.717) is 0 Å². The molecule has 4 heteroatoms. The molecule has 0 heterocycles. The van der Waals surface area contributed by atoms with Crippen molar-refractivity contribution in [1.82, 2.24) is 5.32 Å². The Hall–Kier alpha value is -1.21. The fourth-order valence-corrected chi connectivity index (χ4v) is 1.16. The lowest BCUT2D eigenvalue weighted by Gasteiger charge is -2.26. The van der Waals surface area contributed by atoms with Crippen LogP contribution in [-0.2, 0) is 4.74 Å². The van der Waals surface area contributed by atoms with Gasteiger partial charge in [0.1, 0.15) is 11.7 Å². The Labute approximate surface area is 97.4 Å². The van der Waals surface area contributed by atoms with Crippen LogP contribution in [0.5, 0.6) is 0 Å². The molecular formula is C12H21NO3. The van der Waals surface area contributed by atoms with E-state index < -0.39 is 23.8 Å². The first kappa shape index (κ1) is 14.8. The SMILES string of the molecule is C#C[C@H](O)[C@@H](NC(=O)OC(C)(C)C)C(C)C. The quantitative estimate of drug-likeness (QED) is 0.719. The van der Waals surface area contributed by atoms with Crippen molar-refractivity contribution in [2.75, 3.05) is 0 Å². The number of hydrogen-bond donors (Lipinski definition) is 2. The number of rotatable bonds is 3. The van der Waals surface area contributed by atoms with Crippen LogP contribution in [0.3, 0.4) is 0 Å². The van der Waals surface area contributed by atoms with Gasteiger partial charge in [-0.25, -0.2) is 4.79 Å². The molecule has 0 fully saturated rings. The number of terminal acetylenes is 1. The number of aliphatic hydroxyl groups is 1. The van der Waals surface area contributed by atoms with Crippen LogP contribution >= 0.6 is 0 Å². The predicted molar refractivity (Wildman–Crippen MR) is 62.8 cm³/mol. The van der Waals surface area contributed by atoms with Crippen LogP contribution in [0, 0.1) is 18.3 Å². The molecule has 4 nitrogen and oxygen atoms in total. The van der Waals surface area contributed by atoms with Crippen LogP contribution in [-0.4, -0.2) is 28.9 Å². The molecular weight excluding hydrogens is 206 g/mol. The first-order valence-corrected chi connectivity index (χ1v) is 5.31. The summed E-state index contributed by atoms with van der Waals surface area (Å²) in [6.07, 6.45) is 3.55. The van der Waals surface area contributed by atoms with Gasteiger partial charge in [0, 0.05) is 0 Å². The van der Waals surface area contributed by atoms with E-state index in [1.165, 1.54) is 0 Å². The molecule has 1 amide bonds. The van der Waals surface area contributed by atoms with Gasteiger partial charge in [0.15, 0.2) is 0 Å². The molecule has 0 rings (SSSR count). The third-order valence-electron chi connectivity index (χ3n) is 1.91.